The summed E-state index contributed by atoms with van der Waals surface area (Å²) in [6, 6.07) is 11.0. The number of hydrogen-bond donors (Lipinski definition) is 2. The van der Waals surface area contributed by atoms with Gasteiger partial charge in [0.15, 0.2) is 0 Å². The van der Waals surface area contributed by atoms with Crippen LogP contribution in [0.1, 0.15) is 5.56 Å². The quantitative estimate of drug-likeness (QED) is 0.855. The van der Waals surface area contributed by atoms with Gasteiger partial charge in [-0.2, -0.15) is 0 Å². The highest BCUT2D eigenvalue weighted by Crippen LogP contribution is 2.19. The second-order valence-electron chi connectivity index (χ2n) is 5.71. The molecule has 1 aliphatic heterocycles. The number of carbonyl (C=O) groups excluding carboxylic acids is 2. The Kier molecular flexibility index (Phi) is 5.13. The molecule has 1 saturated heterocycles. The van der Waals surface area contributed by atoms with Crippen molar-refractivity contribution in [3.05, 3.63) is 48.2 Å². The van der Waals surface area contributed by atoms with Crippen LogP contribution in [0.5, 0.6) is 5.75 Å². The van der Waals surface area contributed by atoms with Crippen molar-refractivity contribution in [1.82, 2.24) is 10.3 Å². The third-order valence-electron chi connectivity index (χ3n) is 3.94. The minimum atomic E-state index is -0.142. The molecule has 1 aliphatic rings. The molecule has 0 bridgehead atoms. The summed E-state index contributed by atoms with van der Waals surface area (Å²) in [5, 5.41) is 5.60. The van der Waals surface area contributed by atoms with Crippen molar-refractivity contribution in [3.8, 4) is 5.75 Å². The van der Waals surface area contributed by atoms with Crippen LogP contribution in [0.15, 0.2) is 42.6 Å². The third kappa shape index (κ3) is 4.26. The number of para-hydroxylation sites is 1. The van der Waals surface area contributed by atoms with Crippen LogP contribution in [-0.2, 0) is 16.0 Å². The van der Waals surface area contributed by atoms with Crippen molar-refractivity contribution in [1.29, 1.82) is 0 Å². The molecule has 3 rings (SSSR count). The molecule has 0 radical (unpaired) electrons. The standard InChI is InChI=1S/C18H20N4O3/c1-25-15-5-3-2-4-13(15)10-17(23)21-14-6-7-16(20-11-14)22-9-8-19-18(24)12-22/h2-7,11H,8-10,12H2,1H3,(H,19,24)(H,21,23). The summed E-state index contributed by atoms with van der Waals surface area (Å²) < 4.78 is 5.26. The maximum absolute atomic E-state index is 12.2. The molecule has 0 aliphatic carbocycles. The van der Waals surface area contributed by atoms with Crippen LogP contribution < -0.4 is 20.3 Å². The Morgan fingerprint density at radius 1 is 1.32 bits per heavy atom. The van der Waals surface area contributed by atoms with Crippen LogP contribution in [0, 0.1) is 0 Å². The summed E-state index contributed by atoms with van der Waals surface area (Å²) in [6.45, 7) is 1.63. The summed E-state index contributed by atoms with van der Waals surface area (Å²) in [6.07, 6.45) is 1.82. The zero-order valence-electron chi connectivity index (χ0n) is 14.0. The molecule has 25 heavy (non-hydrogen) atoms. The number of rotatable bonds is 5. The Bertz CT molecular complexity index is 761. The third-order valence-corrected chi connectivity index (χ3v) is 3.94. The lowest BCUT2D eigenvalue weighted by molar-refractivity contribution is -0.120. The lowest BCUT2D eigenvalue weighted by Crippen LogP contribution is -2.48. The molecular weight excluding hydrogens is 320 g/mol. The Hall–Kier alpha value is -3.09. The van der Waals surface area contributed by atoms with Crippen LogP contribution in [0.25, 0.3) is 0 Å². The number of pyridine rings is 1. The number of piperazine rings is 1. The Morgan fingerprint density at radius 2 is 2.16 bits per heavy atom. The fraction of sp³-hybridized carbons (Fsp3) is 0.278. The number of anilines is 2. The van der Waals surface area contributed by atoms with E-state index in [0.717, 1.165) is 17.9 Å². The van der Waals surface area contributed by atoms with Gasteiger partial charge >= 0.3 is 0 Å². The van der Waals surface area contributed by atoms with Crippen molar-refractivity contribution >= 4 is 23.3 Å². The largest absolute Gasteiger partial charge is 0.496 e. The van der Waals surface area contributed by atoms with Crippen LogP contribution in [0.2, 0.25) is 0 Å². The molecule has 1 aromatic heterocycles. The minimum Gasteiger partial charge on any atom is -0.496 e. The molecule has 2 N–H and O–H groups in total. The molecule has 130 valence electrons. The summed E-state index contributed by atoms with van der Waals surface area (Å²) in [4.78, 5) is 29.9. The average molecular weight is 340 g/mol. The first kappa shape index (κ1) is 16.8. The summed E-state index contributed by atoms with van der Waals surface area (Å²) in [7, 11) is 1.58. The second kappa shape index (κ2) is 7.65. The smallest absolute Gasteiger partial charge is 0.239 e. The zero-order chi connectivity index (χ0) is 17.6. The molecular formula is C18H20N4O3. The van der Waals surface area contributed by atoms with Gasteiger partial charge in [0.1, 0.15) is 11.6 Å². The molecule has 1 aromatic carbocycles. The van der Waals surface area contributed by atoms with Crippen LogP contribution in [0.4, 0.5) is 11.5 Å². The average Bonchev–Trinajstić information content (AvgIpc) is 2.63. The number of methoxy groups -OCH3 is 1. The lowest BCUT2D eigenvalue weighted by Gasteiger charge is -2.27. The van der Waals surface area contributed by atoms with Crippen LogP contribution >= 0.6 is 0 Å². The number of hydrogen-bond acceptors (Lipinski definition) is 5. The summed E-state index contributed by atoms with van der Waals surface area (Å²) in [5.74, 6) is 1.26. The van der Waals surface area contributed by atoms with Gasteiger partial charge in [-0.15, -0.1) is 0 Å². The number of benzene rings is 1. The summed E-state index contributed by atoms with van der Waals surface area (Å²) in [5.41, 5.74) is 1.44. The second-order valence-corrected chi connectivity index (χ2v) is 5.71. The van der Waals surface area contributed by atoms with Crippen molar-refractivity contribution < 1.29 is 14.3 Å². The molecule has 2 heterocycles. The molecule has 2 amide bonds. The molecule has 0 saturated carbocycles. The van der Waals surface area contributed by atoms with Gasteiger partial charge in [-0.05, 0) is 18.2 Å². The first-order valence-electron chi connectivity index (χ1n) is 8.05. The van der Waals surface area contributed by atoms with Crippen molar-refractivity contribution in [3.63, 3.8) is 0 Å². The van der Waals surface area contributed by atoms with Crippen LogP contribution in [0.3, 0.4) is 0 Å². The van der Waals surface area contributed by atoms with Gasteiger partial charge < -0.3 is 20.3 Å². The highest BCUT2D eigenvalue weighted by molar-refractivity contribution is 5.92. The molecule has 0 atom stereocenters. The highest BCUT2D eigenvalue weighted by atomic mass is 16.5. The van der Waals surface area contributed by atoms with Gasteiger partial charge in [-0.25, -0.2) is 4.98 Å². The van der Waals surface area contributed by atoms with Crippen molar-refractivity contribution in [2.45, 2.75) is 6.42 Å². The number of carbonyl (C=O) groups is 2. The Labute approximate surface area is 146 Å². The normalized spacial score (nSPS) is 14.0. The molecule has 2 aromatic rings. The van der Waals surface area contributed by atoms with E-state index >= 15 is 0 Å². The highest BCUT2D eigenvalue weighted by Gasteiger charge is 2.17. The van der Waals surface area contributed by atoms with E-state index in [1.54, 1.807) is 25.4 Å². The van der Waals surface area contributed by atoms with E-state index in [9.17, 15) is 9.59 Å². The lowest BCUT2D eigenvalue weighted by atomic mass is 10.1. The van der Waals surface area contributed by atoms with E-state index in [2.05, 4.69) is 15.6 Å². The van der Waals surface area contributed by atoms with Crippen molar-refractivity contribution in [2.75, 3.05) is 37.0 Å². The van der Waals surface area contributed by atoms with E-state index in [1.165, 1.54) is 0 Å². The van der Waals surface area contributed by atoms with Gasteiger partial charge in [0.2, 0.25) is 11.8 Å². The van der Waals surface area contributed by atoms with Gasteiger partial charge in [0, 0.05) is 18.7 Å². The van der Waals surface area contributed by atoms with Gasteiger partial charge in [-0.3, -0.25) is 9.59 Å². The zero-order valence-corrected chi connectivity index (χ0v) is 14.0. The number of nitrogens with one attached hydrogen (secondary N) is 2. The van der Waals surface area contributed by atoms with E-state index < -0.39 is 0 Å². The fourth-order valence-corrected chi connectivity index (χ4v) is 2.71. The Balaban J connectivity index is 1.61. The van der Waals surface area contributed by atoms with E-state index in [4.69, 9.17) is 4.74 Å². The first-order chi connectivity index (χ1) is 12.2. The van der Waals surface area contributed by atoms with Crippen molar-refractivity contribution in [2.24, 2.45) is 0 Å². The Morgan fingerprint density at radius 3 is 2.88 bits per heavy atom. The molecule has 7 heteroatoms. The fourth-order valence-electron chi connectivity index (χ4n) is 2.71. The van der Waals surface area contributed by atoms with Crippen LogP contribution in [-0.4, -0.2) is 43.5 Å². The maximum atomic E-state index is 12.2. The SMILES string of the molecule is COc1ccccc1CC(=O)Nc1ccc(N2CCNC(=O)C2)nc1. The number of amides is 2. The predicted octanol–water partition coefficient (Wildman–Crippen LogP) is 1.21. The molecule has 1 fully saturated rings. The van der Waals surface area contributed by atoms with E-state index in [0.29, 0.717) is 24.5 Å². The maximum Gasteiger partial charge on any atom is 0.239 e. The first-order valence-corrected chi connectivity index (χ1v) is 8.05. The van der Waals surface area contributed by atoms with E-state index in [-0.39, 0.29) is 18.2 Å². The molecule has 0 spiro atoms. The minimum absolute atomic E-state index is 0.0118. The van der Waals surface area contributed by atoms with Gasteiger partial charge in [0.25, 0.3) is 0 Å². The topological polar surface area (TPSA) is 83.6 Å². The monoisotopic (exact) mass is 340 g/mol. The predicted molar refractivity (Wildman–Crippen MR) is 94.8 cm³/mol. The van der Waals surface area contributed by atoms with Gasteiger partial charge in [0.05, 0.1) is 32.0 Å². The van der Waals surface area contributed by atoms with E-state index in [1.807, 2.05) is 29.2 Å². The molecule has 7 nitrogen and oxygen atoms in total. The summed E-state index contributed by atoms with van der Waals surface area (Å²) >= 11 is 0. The van der Waals surface area contributed by atoms with Gasteiger partial charge in [-0.1, -0.05) is 18.2 Å². The number of ether oxygens (including phenoxy) is 1. The number of nitrogens with zero attached hydrogens (tertiary/aromatic N) is 2. The molecule has 0 unspecified atom stereocenters. The number of aromatic nitrogens is 1.